The summed E-state index contributed by atoms with van der Waals surface area (Å²) in [6.45, 7) is 6.11. The van der Waals surface area contributed by atoms with Gasteiger partial charge in [-0.1, -0.05) is 222 Å². The molecule has 2 nitrogen and oxygen atoms in total. The third-order valence-electron chi connectivity index (χ3n) is 12.8. The minimum Gasteiger partial charge on any atom is -0.335 e. The second kappa shape index (κ2) is 19.6. The lowest BCUT2D eigenvalue weighted by atomic mass is 9.96. The Bertz CT molecular complexity index is 2610. The Morgan fingerprint density at radius 1 is 0.323 bits per heavy atom. The van der Waals surface area contributed by atoms with Crippen molar-refractivity contribution < 1.29 is 0 Å². The molecular formula is C60H60N2. The van der Waals surface area contributed by atoms with Gasteiger partial charge in [-0.25, -0.2) is 0 Å². The summed E-state index contributed by atoms with van der Waals surface area (Å²) in [5.41, 5.74) is 18.0. The summed E-state index contributed by atoms with van der Waals surface area (Å²) in [4.78, 5) is 0. The maximum atomic E-state index is 2.61. The topological polar surface area (TPSA) is 9.86 Å². The van der Waals surface area contributed by atoms with Crippen LogP contribution in [0.1, 0.15) is 87.5 Å². The molecule has 2 heteroatoms. The van der Waals surface area contributed by atoms with E-state index < -0.39 is 0 Å². The zero-order valence-corrected chi connectivity index (χ0v) is 36.7. The quantitative estimate of drug-likeness (QED) is 0.0764. The smallest absolute Gasteiger partial charge is 0.0574 e. The molecular weight excluding hydrogens is 749 g/mol. The first-order valence-electron chi connectivity index (χ1n) is 23.3. The fourth-order valence-electron chi connectivity index (χ4n) is 9.60. The molecule has 0 radical (unpaired) electrons. The zero-order chi connectivity index (χ0) is 42.1. The van der Waals surface area contributed by atoms with Gasteiger partial charge in [0.2, 0.25) is 0 Å². The first-order valence-corrected chi connectivity index (χ1v) is 23.3. The van der Waals surface area contributed by atoms with Gasteiger partial charge in [0, 0.05) is 35.0 Å². The van der Waals surface area contributed by atoms with Crippen molar-refractivity contribution in [1.29, 1.82) is 0 Å². The van der Waals surface area contributed by atoms with Gasteiger partial charge in [-0.05, 0) is 82.3 Å². The van der Waals surface area contributed by atoms with Crippen LogP contribution in [0.4, 0.5) is 0 Å². The minimum absolute atomic E-state index is 0.771. The molecule has 7 aromatic carbocycles. The predicted molar refractivity (Wildman–Crippen MR) is 266 cm³/mol. The molecule has 0 aliphatic carbocycles. The molecule has 0 aliphatic heterocycles. The first kappa shape index (κ1) is 41.0. The zero-order valence-electron chi connectivity index (χ0n) is 36.7. The highest BCUT2D eigenvalue weighted by molar-refractivity contribution is 6.14. The highest BCUT2D eigenvalue weighted by Gasteiger charge is 2.26. The maximum absolute atomic E-state index is 2.61. The Hall–Kier alpha value is -6.38. The highest BCUT2D eigenvalue weighted by Crippen LogP contribution is 2.47. The maximum Gasteiger partial charge on any atom is 0.0574 e. The lowest BCUT2D eigenvalue weighted by Crippen LogP contribution is -2.03. The second-order valence-electron chi connectivity index (χ2n) is 17.2. The van der Waals surface area contributed by atoms with Crippen molar-refractivity contribution in [3.8, 4) is 44.8 Å². The second-order valence-corrected chi connectivity index (χ2v) is 17.2. The van der Waals surface area contributed by atoms with Crippen molar-refractivity contribution in [3.05, 3.63) is 204 Å². The van der Waals surface area contributed by atoms with E-state index in [1.165, 1.54) is 140 Å². The molecule has 0 fully saturated rings. The number of nitrogens with zero attached hydrogens (tertiary/aromatic N) is 2. The Balaban J connectivity index is 1.29. The molecule has 0 atom stereocenters. The van der Waals surface area contributed by atoms with Crippen molar-refractivity contribution in [1.82, 2.24) is 9.13 Å². The van der Waals surface area contributed by atoms with Gasteiger partial charge in [0.1, 0.15) is 0 Å². The standard InChI is InChI=1S/C60H60N2/c1-3-5-7-13-23-45-33-37-47(38-34-45)43-61-55-41-54-56(42-53(55)57(49-25-15-9-16-26-49)59(61)51-29-19-11-20-30-51)62(44-48-39-35-46(36-40-48)24-14-8-6-4-2)60(52-31-21-12-22-32-52)58(54)50-27-17-10-18-28-50/h9-12,15-22,25-42H,3-8,13-14,23-24,43-44H2,1-2H3. The van der Waals surface area contributed by atoms with Crippen LogP contribution in [0, 0.1) is 0 Å². The molecule has 0 amide bonds. The summed E-state index contributed by atoms with van der Waals surface area (Å²) >= 11 is 0. The average Bonchev–Trinajstić information content (AvgIpc) is 3.81. The van der Waals surface area contributed by atoms with Crippen LogP contribution >= 0.6 is 0 Å². The van der Waals surface area contributed by atoms with E-state index in [2.05, 4.69) is 205 Å². The summed E-state index contributed by atoms with van der Waals surface area (Å²) < 4.78 is 5.21. The predicted octanol–water partition coefficient (Wildman–Crippen LogP) is 16.6. The van der Waals surface area contributed by atoms with Gasteiger partial charge >= 0.3 is 0 Å². The summed E-state index contributed by atoms with van der Waals surface area (Å²) in [6.07, 6.45) is 12.6. The van der Waals surface area contributed by atoms with E-state index in [1.807, 2.05) is 0 Å². The summed E-state index contributed by atoms with van der Waals surface area (Å²) in [5.74, 6) is 0. The van der Waals surface area contributed by atoms with E-state index in [4.69, 9.17) is 0 Å². The molecule has 9 rings (SSSR count). The number of aromatic nitrogens is 2. The van der Waals surface area contributed by atoms with E-state index in [0.717, 1.165) is 25.9 Å². The molecule has 0 aliphatic rings. The molecule has 0 unspecified atom stereocenters. The molecule has 0 N–H and O–H groups in total. The van der Waals surface area contributed by atoms with E-state index in [1.54, 1.807) is 0 Å². The largest absolute Gasteiger partial charge is 0.335 e. The summed E-state index contributed by atoms with van der Waals surface area (Å²) in [5, 5.41) is 2.55. The van der Waals surface area contributed by atoms with Crippen LogP contribution in [-0.4, -0.2) is 9.13 Å². The molecule has 2 heterocycles. The van der Waals surface area contributed by atoms with Crippen molar-refractivity contribution in [2.45, 2.75) is 91.1 Å². The molecule has 0 saturated heterocycles. The van der Waals surface area contributed by atoms with Crippen LogP contribution in [0.25, 0.3) is 66.6 Å². The van der Waals surface area contributed by atoms with Crippen molar-refractivity contribution >= 4 is 21.8 Å². The van der Waals surface area contributed by atoms with E-state index >= 15 is 0 Å². The van der Waals surface area contributed by atoms with Crippen molar-refractivity contribution in [3.63, 3.8) is 0 Å². The molecule has 0 bridgehead atoms. The molecule has 2 aromatic heterocycles. The molecule has 0 spiro atoms. The normalized spacial score (nSPS) is 11.5. The van der Waals surface area contributed by atoms with Gasteiger partial charge in [-0.3, -0.25) is 0 Å². The number of benzene rings is 7. The monoisotopic (exact) mass is 808 g/mol. The Morgan fingerprint density at radius 3 is 0.984 bits per heavy atom. The number of fused-ring (bicyclic) bond motifs is 2. The van der Waals surface area contributed by atoms with Crippen molar-refractivity contribution in [2.24, 2.45) is 0 Å². The Kier molecular flexibility index (Phi) is 12.9. The van der Waals surface area contributed by atoms with Crippen LogP contribution in [0.15, 0.2) is 182 Å². The van der Waals surface area contributed by atoms with Crippen molar-refractivity contribution in [2.75, 3.05) is 0 Å². The minimum atomic E-state index is 0.771. The van der Waals surface area contributed by atoms with Crippen LogP contribution in [0.2, 0.25) is 0 Å². The van der Waals surface area contributed by atoms with Crippen LogP contribution in [0.3, 0.4) is 0 Å². The van der Waals surface area contributed by atoms with Crippen LogP contribution in [0.5, 0.6) is 0 Å². The fourth-order valence-corrected chi connectivity index (χ4v) is 9.60. The van der Waals surface area contributed by atoms with Gasteiger partial charge in [0.05, 0.1) is 22.4 Å². The molecule has 62 heavy (non-hydrogen) atoms. The van der Waals surface area contributed by atoms with Gasteiger partial charge in [-0.2, -0.15) is 0 Å². The van der Waals surface area contributed by atoms with E-state index in [0.29, 0.717) is 0 Å². The first-order chi connectivity index (χ1) is 30.7. The average molecular weight is 809 g/mol. The molecule has 9 aromatic rings. The van der Waals surface area contributed by atoms with Gasteiger partial charge in [0.25, 0.3) is 0 Å². The highest BCUT2D eigenvalue weighted by atomic mass is 15.0. The van der Waals surface area contributed by atoms with Gasteiger partial charge in [-0.15, -0.1) is 0 Å². The third-order valence-corrected chi connectivity index (χ3v) is 12.8. The number of rotatable bonds is 18. The van der Waals surface area contributed by atoms with Crippen LogP contribution in [-0.2, 0) is 25.9 Å². The molecule has 0 saturated carbocycles. The number of hydrogen-bond acceptors (Lipinski definition) is 0. The summed E-state index contributed by atoms with van der Waals surface area (Å²) in [6, 6.07) is 68.2. The lowest BCUT2D eigenvalue weighted by Gasteiger charge is -2.14. The SMILES string of the molecule is CCCCCCc1ccc(Cn2c(-c3ccccc3)c(-c3ccccc3)c3cc4c(cc32)c(-c2ccccc2)c(-c2ccccc2)n4Cc2ccc(CCCCCC)cc2)cc1. The summed E-state index contributed by atoms with van der Waals surface area (Å²) in [7, 11) is 0. The Labute approximate surface area is 369 Å². The molecule has 310 valence electrons. The number of aryl methyl sites for hydroxylation is 2. The van der Waals surface area contributed by atoms with Gasteiger partial charge < -0.3 is 9.13 Å². The third kappa shape index (κ3) is 8.84. The van der Waals surface area contributed by atoms with E-state index in [9.17, 15) is 0 Å². The van der Waals surface area contributed by atoms with Crippen LogP contribution < -0.4 is 0 Å². The number of hydrogen-bond donors (Lipinski definition) is 0. The Morgan fingerprint density at radius 2 is 0.645 bits per heavy atom. The van der Waals surface area contributed by atoms with Gasteiger partial charge in [0.15, 0.2) is 0 Å². The number of unbranched alkanes of at least 4 members (excludes halogenated alkanes) is 6. The fraction of sp³-hybridized carbons (Fsp3) is 0.233. The lowest BCUT2D eigenvalue weighted by molar-refractivity contribution is 0.666. The van der Waals surface area contributed by atoms with E-state index in [-0.39, 0.29) is 0 Å².